The van der Waals surface area contributed by atoms with E-state index in [1.54, 1.807) is 13.8 Å². The van der Waals surface area contributed by atoms with Crippen molar-refractivity contribution >= 4 is 11.6 Å². The standard InChI is InChI=1S/C10H18N4O4/c1-3-7(11)9(14(16)17)8(10(12)15)13-5-6-18-4-2/h3-6,11H2,1-2H3,(H2,12,15). The predicted molar refractivity (Wildman–Crippen MR) is 66.5 cm³/mol. The number of hydrogen-bond donors (Lipinski definition) is 2. The summed E-state index contributed by atoms with van der Waals surface area (Å²) < 4.78 is 5.01. The highest BCUT2D eigenvalue weighted by atomic mass is 16.6. The molecule has 8 nitrogen and oxygen atoms in total. The molecule has 0 atom stereocenters. The van der Waals surface area contributed by atoms with Crippen LogP contribution < -0.4 is 11.5 Å². The monoisotopic (exact) mass is 258 g/mol. The molecule has 0 saturated carbocycles. The van der Waals surface area contributed by atoms with Crippen LogP contribution in [0, 0.1) is 10.1 Å². The summed E-state index contributed by atoms with van der Waals surface area (Å²) >= 11 is 0. The Kier molecular flexibility index (Phi) is 7.29. The van der Waals surface area contributed by atoms with Crippen molar-refractivity contribution in [1.82, 2.24) is 0 Å². The van der Waals surface area contributed by atoms with Crippen molar-refractivity contribution in [1.29, 1.82) is 0 Å². The number of primary amides is 1. The molecule has 0 aliphatic carbocycles. The lowest BCUT2D eigenvalue weighted by molar-refractivity contribution is -0.416. The van der Waals surface area contributed by atoms with E-state index >= 15 is 0 Å². The van der Waals surface area contributed by atoms with E-state index in [1.165, 1.54) is 0 Å². The van der Waals surface area contributed by atoms with Crippen molar-refractivity contribution in [3.05, 3.63) is 21.5 Å². The van der Waals surface area contributed by atoms with Gasteiger partial charge >= 0.3 is 5.70 Å². The van der Waals surface area contributed by atoms with Gasteiger partial charge in [0.1, 0.15) is 0 Å². The van der Waals surface area contributed by atoms with Crippen LogP contribution >= 0.6 is 0 Å². The number of hydrogen-bond acceptors (Lipinski definition) is 6. The molecule has 0 spiro atoms. The largest absolute Gasteiger partial charge is 0.396 e. The molecule has 0 aliphatic rings. The number of aliphatic imine (C=N–C) groups is 1. The molecule has 0 aliphatic heterocycles. The van der Waals surface area contributed by atoms with E-state index in [9.17, 15) is 14.9 Å². The van der Waals surface area contributed by atoms with Gasteiger partial charge in [0, 0.05) is 6.61 Å². The molecule has 0 aromatic heterocycles. The average molecular weight is 258 g/mol. The first-order chi connectivity index (χ1) is 8.45. The van der Waals surface area contributed by atoms with Gasteiger partial charge in [0.15, 0.2) is 0 Å². The third kappa shape index (κ3) is 4.91. The van der Waals surface area contributed by atoms with E-state index in [0.717, 1.165) is 0 Å². The maximum Gasteiger partial charge on any atom is 0.318 e. The van der Waals surface area contributed by atoms with E-state index in [2.05, 4.69) is 4.99 Å². The van der Waals surface area contributed by atoms with E-state index < -0.39 is 22.2 Å². The summed E-state index contributed by atoms with van der Waals surface area (Å²) in [5, 5.41) is 10.9. The first-order valence-electron chi connectivity index (χ1n) is 5.51. The number of nitrogens with two attached hydrogens (primary N) is 2. The summed E-state index contributed by atoms with van der Waals surface area (Å²) in [6.45, 7) is 4.30. The van der Waals surface area contributed by atoms with Gasteiger partial charge in [-0.15, -0.1) is 0 Å². The van der Waals surface area contributed by atoms with Gasteiger partial charge in [0.25, 0.3) is 5.91 Å². The minimum atomic E-state index is -0.977. The summed E-state index contributed by atoms with van der Waals surface area (Å²) in [6, 6.07) is 0. The van der Waals surface area contributed by atoms with Gasteiger partial charge in [0.05, 0.1) is 23.8 Å². The molecule has 0 radical (unpaired) electrons. The Hall–Kier alpha value is -1.96. The van der Waals surface area contributed by atoms with Gasteiger partial charge in [-0.2, -0.15) is 0 Å². The van der Waals surface area contributed by atoms with E-state index in [0.29, 0.717) is 6.61 Å². The molecule has 18 heavy (non-hydrogen) atoms. The second-order valence-corrected chi connectivity index (χ2v) is 3.28. The van der Waals surface area contributed by atoms with E-state index in [-0.39, 0.29) is 25.3 Å². The van der Waals surface area contributed by atoms with Crippen LogP contribution in [-0.4, -0.2) is 36.3 Å². The summed E-state index contributed by atoms with van der Waals surface area (Å²) in [5.74, 6) is -0.977. The Bertz CT molecular complexity index is 376. The number of allylic oxidation sites excluding steroid dienone is 1. The number of nitrogens with zero attached hydrogens (tertiary/aromatic N) is 2. The van der Waals surface area contributed by atoms with Crippen LogP contribution in [0.3, 0.4) is 0 Å². The van der Waals surface area contributed by atoms with E-state index in [1.807, 2.05) is 0 Å². The van der Waals surface area contributed by atoms with Gasteiger partial charge in [-0.25, -0.2) is 0 Å². The van der Waals surface area contributed by atoms with Crippen molar-refractivity contribution in [3.63, 3.8) is 0 Å². The Labute approximate surface area is 105 Å². The van der Waals surface area contributed by atoms with Crippen LogP contribution in [0.25, 0.3) is 0 Å². The summed E-state index contributed by atoms with van der Waals surface area (Å²) in [6.07, 6.45) is 0.230. The minimum absolute atomic E-state index is 0.0334. The SMILES string of the molecule is CCOCCN=C(C(N)=O)C(=C(N)CC)[N+](=O)[O-]. The molecule has 1 amide bonds. The molecule has 0 heterocycles. The van der Waals surface area contributed by atoms with Gasteiger partial charge < -0.3 is 16.2 Å². The van der Waals surface area contributed by atoms with Crippen molar-refractivity contribution < 1.29 is 14.5 Å². The molecule has 0 unspecified atom stereocenters. The fourth-order valence-corrected chi connectivity index (χ4v) is 1.16. The molecule has 0 aromatic rings. The summed E-state index contributed by atoms with van der Waals surface area (Å²) in [4.78, 5) is 25.1. The molecular weight excluding hydrogens is 240 g/mol. The lowest BCUT2D eigenvalue weighted by Gasteiger charge is -2.04. The van der Waals surface area contributed by atoms with Gasteiger partial charge in [-0.05, 0) is 13.3 Å². The van der Waals surface area contributed by atoms with E-state index in [4.69, 9.17) is 16.2 Å². The number of carbonyl (C=O) groups is 1. The van der Waals surface area contributed by atoms with Crippen LogP contribution in [0.15, 0.2) is 16.4 Å². The number of nitro groups is 1. The van der Waals surface area contributed by atoms with Crippen LogP contribution in [0.2, 0.25) is 0 Å². The second kappa shape index (κ2) is 8.18. The third-order valence-corrected chi connectivity index (χ3v) is 2.04. The number of amides is 1. The van der Waals surface area contributed by atoms with Crippen molar-refractivity contribution in [3.8, 4) is 0 Å². The molecule has 0 fully saturated rings. The number of carbonyl (C=O) groups excluding carboxylic acids is 1. The van der Waals surface area contributed by atoms with Gasteiger partial charge in [-0.3, -0.25) is 19.9 Å². The summed E-state index contributed by atoms with van der Waals surface area (Å²) in [5.41, 5.74) is 9.61. The summed E-state index contributed by atoms with van der Waals surface area (Å²) in [7, 11) is 0. The Morgan fingerprint density at radius 1 is 1.39 bits per heavy atom. The Morgan fingerprint density at radius 2 is 2.00 bits per heavy atom. The topological polar surface area (TPSA) is 134 Å². The maximum atomic E-state index is 11.2. The van der Waals surface area contributed by atoms with Gasteiger partial charge in [0.2, 0.25) is 5.71 Å². The highest BCUT2D eigenvalue weighted by Gasteiger charge is 2.27. The smallest absolute Gasteiger partial charge is 0.318 e. The first-order valence-corrected chi connectivity index (χ1v) is 5.51. The van der Waals surface area contributed by atoms with Gasteiger partial charge in [-0.1, -0.05) is 6.92 Å². The third-order valence-electron chi connectivity index (χ3n) is 2.04. The molecular formula is C10H18N4O4. The Morgan fingerprint density at radius 3 is 2.39 bits per heavy atom. The maximum absolute atomic E-state index is 11.2. The Balaban J connectivity index is 5.19. The second-order valence-electron chi connectivity index (χ2n) is 3.28. The van der Waals surface area contributed by atoms with Crippen LogP contribution in [0.4, 0.5) is 0 Å². The van der Waals surface area contributed by atoms with Crippen LogP contribution in [0.5, 0.6) is 0 Å². The zero-order valence-electron chi connectivity index (χ0n) is 10.5. The van der Waals surface area contributed by atoms with Crippen molar-refractivity contribution in [2.75, 3.05) is 19.8 Å². The van der Waals surface area contributed by atoms with Crippen LogP contribution in [-0.2, 0) is 9.53 Å². The molecule has 0 rings (SSSR count). The quantitative estimate of drug-likeness (QED) is 0.269. The molecule has 0 bridgehead atoms. The highest BCUT2D eigenvalue weighted by Crippen LogP contribution is 2.07. The highest BCUT2D eigenvalue weighted by molar-refractivity contribution is 6.44. The number of rotatable bonds is 8. The zero-order chi connectivity index (χ0) is 14.1. The molecule has 102 valence electrons. The number of ether oxygens (including phenoxy) is 1. The molecule has 8 heteroatoms. The van der Waals surface area contributed by atoms with Crippen LogP contribution in [0.1, 0.15) is 20.3 Å². The first kappa shape index (κ1) is 16.0. The fourth-order valence-electron chi connectivity index (χ4n) is 1.16. The average Bonchev–Trinajstić information content (AvgIpc) is 2.31. The fraction of sp³-hybridized carbons (Fsp3) is 0.600. The normalized spacial score (nSPS) is 13.1. The molecule has 0 saturated heterocycles. The minimum Gasteiger partial charge on any atom is -0.396 e. The lowest BCUT2D eigenvalue weighted by atomic mass is 10.2. The molecule has 4 N–H and O–H groups in total. The van der Waals surface area contributed by atoms with Crippen molar-refractivity contribution in [2.24, 2.45) is 16.5 Å². The van der Waals surface area contributed by atoms with Crippen molar-refractivity contribution in [2.45, 2.75) is 20.3 Å². The molecule has 0 aromatic carbocycles. The lowest BCUT2D eigenvalue weighted by Crippen LogP contribution is -2.31. The zero-order valence-corrected chi connectivity index (χ0v) is 10.5. The predicted octanol–water partition coefficient (Wildman–Crippen LogP) is -0.194.